The Hall–Kier alpha value is -2.36. The predicted octanol–water partition coefficient (Wildman–Crippen LogP) is 3.61. The van der Waals surface area contributed by atoms with Crippen LogP contribution in [0.4, 0.5) is 0 Å². The maximum Gasteiger partial charge on any atom is 0.339 e. The molecule has 1 aromatic heterocycles. The van der Waals surface area contributed by atoms with E-state index in [-0.39, 0.29) is 5.56 Å². The fraction of sp³-hybridized carbons (Fsp3) is 0.250. The number of rotatable bonds is 3. The van der Waals surface area contributed by atoms with Gasteiger partial charge in [0.2, 0.25) is 0 Å². The van der Waals surface area contributed by atoms with Gasteiger partial charge in [0.25, 0.3) is 0 Å². The van der Waals surface area contributed by atoms with Gasteiger partial charge in [-0.05, 0) is 45.4 Å². The lowest BCUT2D eigenvalue weighted by atomic mass is 10.1. The van der Waals surface area contributed by atoms with Gasteiger partial charge in [-0.15, -0.1) is 0 Å². The maximum absolute atomic E-state index is 11.3. The van der Waals surface area contributed by atoms with Gasteiger partial charge in [-0.25, -0.2) is 9.48 Å². The second-order valence-electron chi connectivity index (χ2n) is 5.17. The van der Waals surface area contributed by atoms with Crippen LogP contribution in [0.5, 0.6) is 0 Å². The number of aromatic nitrogens is 2. The Morgan fingerprint density at radius 3 is 2.55 bits per heavy atom. The van der Waals surface area contributed by atoms with Gasteiger partial charge in [-0.2, -0.15) is 5.10 Å². The molecule has 2 aromatic rings. The van der Waals surface area contributed by atoms with Crippen LogP contribution in [0, 0.1) is 13.8 Å². The molecule has 4 nitrogen and oxygen atoms in total. The summed E-state index contributed by atoms with van der Waals surface area (Å²) in [4.78, 5) is 11.3. The monoisotopic (exact) mass is 270 g/mol. The first-order valence-electron chi connectivity index (χ1n) is 6.44. The summed E-state index contributed by atoms with van der Waals surface area (Å²) in [6.45, 7) is 7.90. The smallest absolute Gasteiger partial charge is 0.339 e. The van der Waals surface area contributed by atoms with Gasteiger partial charge in [-0.3, -0.25) is 0 Å². The fourth-order valence-corrected chi connectivity index (χ4v) is 2.17. The fourth-order valence-electron chi connectivity index (χ4n) is 2.17. The van der Waals surface area contributed by atoms with Crippen molar-refractivity contribution in [2.24, 2.45) is 0 Å². The normalized spacial score (nSPS) is 10.4. The van der Waals surface area contributed by atoms with E-state index in [0.29, 0.717) is 5.69 Å². The van der Waals surface area contributed by atoms with Gasteiger partial charge in [0.15, 0.2) is 0 Å². The Morgan fingerprint density at radius 1 is 1.30 bits per heavy atom. The molecule has 0 atom stereocenters. The van der Waals surface area contributed by atoms with Gasteiger partial charge >= 0.3 is 5.97 Å². The number of benzene rings is 1. The molecule has 1 aromatic carbocycles. The van der Waals surface area contributed by atoms with Crippen LogP contribution in [0.1, 0.15) is 41.0 Å². The lowest BCUT2D eigenvalue weighted by molar-refractivity contribution is 0.0696. The van der Waals surface area contributed by atoms with Crippen molar-refractivity contribution in [1.82, 2.24) is 9.78 Å². The van der Waals surface area contributed by atoms with E-state index in [9.17, 15) is 9.90 Å². The van der Waals surface area contributed by atoms with E-state index in [4.69, 9.17) is 0 Å². The quantitative estimate of drug-likeness (QED) is 0.927. The van der Waals surface area contributed by atoms with Gasteiger partial charge in [-0.1, -0.05) is 23.3 Å². The molecule has 104 valence electrons. The minimum atomic E-state index is -0.964. The van der Waals surface area contributed by atoms with E-state index in [2.05, 4.69) is 11.2 Å². The third kappa shape index (κ3) is 2.64. The molecular weight excluding hydrogens is 252 g/mol. The standard InChI is InChI=1S/C16H18N2O2/c1-10(2)7-15-13(16(19)20)9-17-18(15)14-6-5-11(3)8-12(14)4/h5-9H,1-4H3,(H,19,20). The zero-order chi connectivity index (χ0) is 14.9. The van der Waals surface area contributed by atoms with E-state index >= 15 is 0 Å². The predicted molar refractivity (Wildman–Crippen MR) is 79.3 cm³/mol. The molecule has 0 bridgehead atoms. The third-order valence-electron chi connectivity index (χ3n) is 3.04. The number of aromatic carboxylic acids is 1. The molecule has 0 aliphatic rings. The molecule has 0 fully saturated rings. The van der Waals surface area contributed by atoms with Gasteiger partial charge < -0.3 is 5.11 Å². The highest BCUT2D eigenvalue weighted by atomic mass is 16.4. The Bertz CT molecular complexity index is 692. The van der Waals surface area contributed by atoms with Crippen LogP contribution in [0.15, 0.2) is 30.0 Å². The summed E-state index contributed by atoms with van der Waals surface area (Å²) in [7, 11) is 0. The first-order valence-corrected chi connectivity index (χ1v) is 6.44. The lowest BCUT2D eigenvalue weighted by Gasteiger charge is -2.10. The van der Waals surface area contributed by atoms with Crippen molar-refractivity contribution in [3.8, 4) is 5.69 Å². The molecule has 0 aliphatic carbocycles. The van der Waals surface area contributed by atoms with Crippen molar-refractivity contribution in [2.75, 3.05) is 0 Å². The van der Waals surface area contributed by atoms with Gasteiger partial charge in [0, 0.05) is 0 Å². The van der Waals surface area contributed by atoms with Crippen molar-refractivity contribution in [3.05, 3.63) is 52.4 Å². The number of nitrogens with zero attached hydrogens (tertiary/aromatic N) is 2. The highest BCUT2D eigenvalue weighted by Crippen LogP contribution is 2.21. The molecule has 4 heteroatoms. The Balaban J connectivity index is 2.68. The number of hydrogen-bond donors (Lipinski definition) is 1. The molecular formula is C16H18N2O2. The van der Waals surface area contributed by atoms with Gasteiger partial charge in [0.05, 0.1) is 17.6 Å². The van der Waals surface area contributed by atoms with Crippen molar-refractivity contribution in [3.63, 3.8) is 0 Å². The van der Waals surface area contributed by atoms with E-state index < -0.39 is 5.97 Å². The number of allylic oxidation sites excluding steroid dienone is 1. The Kier molecular flexibility index (Phi) is 3.74. The van der Waals surface area contributed by atoms with Crippen molar-refractivity contribution in [1.29, 1.82) is 0 Å². The summed E-state index contributed by atoms with van der Waals surface area (Å²) < 4.78 is 1.69. The number of carbonyl (C=O) groups is 1. The van der Waals surface area contributed by atoms with Crippen LogP contribution in [0.25, 0.3) is 11.8 Å². The van der Waals surface area contributed by atoms with Crippen LogP contribution in [-0.2, 0) is 0 Å². The summed E-state index contributed by atoms with van der Waals surface area (Å²) in [5.74, 6) is -0.964. The lowest BCUT2D eigenvalue weighted by Crippen LogP contribution is -2.04. The average Bonchev–Trinajstić information content (AvgIpc) is 2.72. The van der Waals surface area contributed by atoms with Crippen LogP contribution in [-0.4, -0.2) is 20.9 Å². The molecule has 1 heterocycles. The second-order valence-corrected chi connectivity index (χ2v) is 5.17. The maximum atomic E-state index is 11.3. The first-order chi connectivity index (χ1) is 9.40. The van der Waals surface area contributed by atoms with Crippen LogP contribution in [0.2, 0.25) is 0 Å². The number of hydrogen-bond acceptors (Lipinski definition) is 2. The summed E-state index contributed by atoms with van der Waals surface area (Å²) in [6, 6.07) is 6.02. The molecule has 0 radical (unpaired) electrons. The molecule has 0 aliphatic heterocycles. The molecule has 20 heavy (non-hydrogen) atoms. The van der Waals surface area contributed by atoms with Crippen LogP contribution >= 0.6 is 0 Å². The molecule has 0 saturated carbocycles. The minimum absolute atomic E-state index is 0.214. The Morgan fingerprint density at radius 2 is 2.00 bits per heavy atom. The molecule has 0 saturated heterocycles. The zero-order valence-electron chi connectivity index (χ0n) is 12.1. The SMILES string of the molecule is CC(C)=Cc1c(C(=O)O)cnn1-c1ccc(C)cc1C. The third-order valence-corrected chi connectivity index (χ3v) is 3.04. The zero-order valence-corrected chi connectivity index (χ0v) is 12.1. The largest absolute Gasteiger partial charge is 0.478 e. The van der Waals surface area contributed by atoms with Crippen molar-refractivity contribution >= 4 is 12.0 Å². The highest BCUT2D eigenvalue weighted by molar-refractivity contribution is 5.91. The van der Waals surface area contributed by atoms with E-state index in [0.717, 1.165) is 16.8 Å². The molecule has 2 rings (SSSR count). The molecule has 1 N–H and O–H groups in total. The second kappa shape index (κ2) is 5.33. The minimum Gasteiger partial charge on any atom is -0.478 e. The van der Waals surface area contributed by atoms with Crippen molar-refractivity contribution in [2.45, 2.75) is 27.7 Å². The van der Waals surface area contributed by atoms with Gasteiger partial charge in [0.1, 0.15) is 5.56 Å². The first kappa shape index (κ1) is 14.1. The summed E-state index contributed by atoms with van der Waals surface area (Å²) in [5, 5.41) is 13.5. The summed E-state index contributed by atoms with van der Waals surface area (Å²) in [6.07, 6.45) is 3.24. The van der Waals surface area contributed by atoms with E-state index in [1.165, 1.54) is 11.8 Å². The Labute approximate surface area is 118 Å². The number of carboxylic acids is 1. The van der Waals surface area contributed by atoms with Crippen LogP contribution in [0.3, 0.4) is 0 Å². The summed E-state index contributed by atoms with van der Waals surface area (Å²) >= 11 is 0. The summed E-state index contributed by atoms with van der Waals surface area (Å²) in [5.41, 5.74) is 4.97. The topological polar surface area (TPSA) is 55.1 Å². The number of aryl methyl sites for hydroxylation is 2. The number of carboxylic acid groups (broad SMARTS) is 1. The molecule has 0 spiro atoms. The molecule has 0 amide bonds. The van der Waals surface area contributed by atoms with Crippen molar-refractivity contribution < 1.29 is 9.90 Å². The highest BCUT2D eigenvalue weighted by Gasteiger charge is 2.16. The average molecular weight is 270 g/mol. The molecule has 0 unspecified atom stereocenters. The van der Waals surface area contributed by atoms with E-state index in [1.807, 2.05) is 45.9 Å². The van der Waals surface area contributed by atoms with Crippen LogP contribution < -0.4 is 0 Å². The van der Waals surface area contributed by atoms with E-state index in [1.54, 1.807) is 4.68 Å².